The summed E-state index contributed by atoms with van der Waals surface area (Å²) in [5, 5.41) is 3.84. The van der Waals surface area contributed by atoms with Gasteiger partial charge in [0.15, 0.2) is 0 Å². The van der Waals surface area contributed by atoms with Crippen LogP contribution in [0.1, 0.15) is 68.8 Å². The lowest BCUT2D eigenvalue weighted by Crippen LogP contribution is -2.51. The Morgan fingerprint density at radius 1 is 1.18 bits per heavy atom. The molecule has 0 radical (unpaired) electrons. The van der Waals surface area contributed by atoms with E-state index in [1.807, 2.05) is 18.2 Å². The van der Waals surface area contributed by atoms with Crippen molar-refractivity contribution in [1.82, 2.24) is 5.32 Å². The summed E-state index contributed by atoms with van der Waals surface area (Å²) >= 11 is 0. The number of amides is 1. The van der Waals surface area contributed by atoms with Gasteiger partial charge in [-0.15, -0.1) is 0 Å². The highest BCUT2D eigenvalue weighted by Gasteiger charge is 2.33. The highest BCUT2D eigenvalue weighted by Crippen LogP contribution is 2.33. The quantitative estimate of drug-likeness (QED) is 0.872. The van der Waals surface area contributed by atoms with E-state index in [1.54, 1.807) is 0 Å². The van der Waals surface area contributed by atoms with E-state index in [0.29, 0.717) is 5.56 Å². The van der Waals surface area contributed by atoms with Crippen LogP contribution in [0.25, 0.3) is 0 Å². The smallest absolute Gasteiger partial charge is 0.248 e. The molecule has 0 atom stereocenters. The van der Waals surface area contributed by atoms with Crippen molar-refractivity contribution < 1.29 is 4.79 Å². The number of nitrogens with two attached hydrogens (primary N) is 1. The summed E-state index contributed by atoms with van der Waals surface area (Å²) in [5.74, 6) is -0.322. The molecular formula is C19H30N2O. The Morgan fingerprint density at radius 2 is 1.82 bits per heavy atom. The molecule has 1 aromatic carbocycles. The molecule has 3 nitrogen and oxygen atoms in total. The molecule has 1 aromatic rings. The Bertz CT molecular complexity index is 510. The van der Waals surface area contributed by atoms with E-state index in [4.69, 9.17) is 5.73 Å². The summed E-state index contributed by atoms with van der Waals surface area (Å²) in [6, 6.07) is 7.79. The zero-order valence-electron chi connectivity index (χ0n) is 14.2. The fraction of sp³-hybridized carbons (Fsp3) is 0.632. The summed E-state index contributed by atoms with van der Waals surface area (Å²) in [7, 11) is 0. The van der Waals surface area contributed by atoms with E-state index in [0.717, 1.165) is 18.5 Å². The second-order valence-corrected chi connectivity index (χ2v) is 7.95. The molecule has 2 rings (SSSR count). The van der Waals surface area contributed by atoms with Gasteiger partial charge in [-0.1, -0.05) is 58.2 Å². The van der Waals surface area contributed by atoms with Crippen LogP contribution in [0.2, 0.25) is 0 Å². The minimum Gasteiger partial charge on any atom is -0.366 e. The van der Waals surface area contributed by atoms with Crippen molar-refractivity contribution in [2.75, 3.05) is 6.54 Å². The van der Waals surface area contributed by atoms with E-state index in [9.17, 15) is 4.79 Å². The van der Waals surface area contributed by atoms with Gasteiger partial charge in [-0.2, -0.15) is 0 Å². The maximum atomic E-state index is 11.7. The molecule has 0 bridgehead atoms. The lowest BCUT2D eigenvalue weighted by Gasteiger charge is -2.41. The number of nitrogens with one attached hydrogen (secondary N) is 1. The van der Waals surface area contributed by atoms with E-state index in [1.165, 1.54) is 32.1 Å². The Labute approximate surface area is 134 Å². The van der Waals surface area contributed by atoms with Gasteiger partial charge < -0.3 is 11.1 Å². The molecule has 22 heavy (non-hydrogen) atoms. The molecule has 0 heterocycles. The first kappa shape index (κ1) is 17.0. The molecule has 1 aliphatic rings. The molecule has 3 heteroatoms. The molecule has 1 fully saturated rings. The van der Waals surface area contributed by atoms with Crippen molar-refractivity contribution in [3.63, 3.8) is 0 Å². The Kier molecular flexibility index (Phi) is 5.28. The predicted octanol–water partition coefficient (Wildman–Crippen LogP) is 3.67. The molecule has 0 aromatic heterocycles. The van der Waals surface area contributed by atoms with Crippen molar-refractivity contribution >= 4 is 5.91 Å². The lowest BCUT2D eigenvalue weighted by atomic mass is 9.76. The van der Waals surface area contributed by atoms with Gasteiger partial charge in [0.1, 0.15) is 0 Å². The van der Waals surface area contributed by atoms with Crippen LogP contribution >= 0.6 is 0 Å². The first-order chi connectivity index (χ1) is 10.3. The average Bonchev–Trinajstić information content (AvgIpc) is 2.46. The van der Waals surface area contributed by atoms with Gasteiger partial charge in [0.2, 0.25) is 5.91 Å². The van der Waals surface area contributed by atoms with Gasteiger partial charge >= 0.3 is 0 Å². The number of benzene rings is 1. The topological polar surface area (TPSA) is 55.1 Å². The van der Waals surface area contributed by atoms with E-state index >= 15 is 0 Å². The molecule has 1 saturated carbocycles. The summed E-state index contributed by atoms with van der Waals surface area (Å²) < 4.78 is 0. The lowest BCUT2D eigenvalue weighted by molar-refractivity contribution is 0.0998. The summed E-state index contributed by atoms with van der Waals surface area (Å²) in [5.41, 5.74) is 7.67. The predicted molar refractivity (Wildman–Crippen MR) is 91.9 cm³/mol. The Balaban J connectivity index is 2.21. The van der Waals surface area contributed by atoms with Crippen LogP contribution in [0, 0.1) is 5.41 Å². The molecule has 0 aliphatic heterocycles. The third kappa shape index (κ3) is 4.57. The molecule has 3 N–H and O–H groups in total. The van der Waals surface area contributed by atoms with Gasteiger partial charge in [-0.05, 0) is 36.3 Å². The largest absolute Gasteiger partial charge is 0.366 e. The average molecular weight is 302 g/mol. The minimum absolute atomic E-state index is 0.108. The molecule has 1 aliphatic carbocycles. The van der Waals surface area contributed by atoms with Gasteiger partial charge in [-0.25, -0.2) is 0 Å². The Morgan fingerprint density at radius 3 is 2.41 bits per heavy atom. The maximum Gasteiger partial charge on any atom is 0.248 e. The maximum absolute atomic E-state index is 11.7. The Hall–Kier alpha value is -1.35. The fourth-order valence-corrected chi connectivity index (χ4v) is 3.38. The number of carbonyl (C=O) groups is 1. The van der Waals surface area contributed by atoms with Crippen LogP contribution in [0.15, 0.2) is 24.3 Å². The highest BCUT2D eigenvalue weighted by molar-refractivity contribution is 5.94. The number of hydrogen-bond acceptors (Lipinski definition) is 2. The SMILES string of the molecule is CC(C)(C)CNC1(Cc2ccccc2C(N)=O)CCCCC1. The van der Waals surface area contributed by atoms with Crippen molar-refractivity contribution in [3.8, 4) is 0 Å². The number of rotatable bonds is 5. The zero-order valence-corrected chi connectivity index (χ0v) is 14.2. The van der Waals surface area contributed by atoms with Crippen LogP contribution in [-0.2, 0) is 6.42 Å². The third-order valence-corrected chi connectivity index (χ3v) is 4.62. The molecule has 1 amide bonds. The van der Waals surface area contributed by atoms with Crippen LogP contribution in [0.3, 0.4) is 0 Å². The second kappa shape index (κ2) is 6.82. The summed E-state index contributed by atoms with van der Waals surface area (Å²) in [6.45, 7) is 7.77. The fourth-order valence-electron chi connectivity index (χ4n) is 3.38. The van der Waals surface area contributed by atoms with Crippen molar-refractivity contribution in [2.45, 2.75) is 64.8 Å². The van der Waals surface area contributed by atoms with E-state index in [2.05, 4.69) is 32.2 Å². The molecule has 0 unspecified atom stereocenters. The second-order valence-electron chi connectivity index (χ2n) is 7.95. The number of hydrogen-bond donors (Lipinski definition) is 2. The van der Waals surface area contributed by atoms with Gasteiger partial charge in [0.05, 0.1) is 0 Å². The van der Waals surface area contributed by atoms with Gasteiger partial charge in [-0.3, -0.25) is 4.79 Å². The molecule has 0 spiro atoms. The van der Waals surface area contributed by atoms with Crippen molar-refractivity contribution in [3.05, 3.63) is 35.4 Å². The molecular weight excluding hydrogens is 272 g/mol. The van der Waals surface area contributed by atoms with Crippen LogP contribution in [-0.4, -0.2) is 18.0 Å². The minimum atomic E-state index is -0.322. The van der Waals surface area contributed by atoms with Crippen LogP contribution in [0.5, 0.6) is 0 Å². The molecule has 122 valence electrons. The number of primary amides is 1. The van der Waals surface area contributed by atoms with Gasteiger partial charge in [0.25, 0.3) is 0 Å². The molecule has 0 saturated heterocycles. The van der Waals surface area contributed by atoms with Crippen molar-refractivity contribution in [2.24, 2.45) is 11.1 Å². The first-order valence-electron chi connectivity index (χ1n) is 8.44. The van der Waals surface area contributed by atoms with Crippen LogP contribution < -0.4 is 11.1 Å². The first-order valence-corrected chi connectivity index (χ1v) is 8.44. The van der Waals surface area contributed by atoms with Gasteiger partial charge in [0, 0.05) is 17.6 Å². The van der Waals surface area contributed by atoms with E-state index < -0.39 is 0 Å². The van der Waals surface area contributed by atoms with Crippen molar-refractivity contribution in [1.29, 1.82) is 0 Å². The standard InChI is InChI=1S/C19H30N2O/c1-18(2,3)14-21-19(11-7-4-8-12-19)13-15-9-5-6-10-16(15)17(20)22/h5-6,9-10,21H,4,7-8,11-14H2,1-3H3,(H2,20,22). The zero-order chi connectivity index (χ0) is 16.2. The summed E-state index contributed by atoms with van der Waals surface area (Å²) in [6.07, 6.45) is 7.08. The summed E-state index contributed by atoms with van der Waals surface area (Å²) in [4.78, 5) is 11.7. The number of carbonyl (C=O) groups excluding carboxylic acids is 1. The highest BCUT2D eigenvalue weighted by atomic mass is 16.1. The van der Waals surface area contributed by atoms with E-state index in [-0.39, 0.29) is 16.9 Å². The third-order valence-electron chi connectivity index (χ3n) is 4.62. The monoisotopic (exact) mass is 302 g/mol. The normalized spacial score (nSPS) is 18.1. The van der Waals surface area contributed by atoms with Crippen LogP contribution in [0.4, 0.5) is 0 Å².